The molecule has 1 aromatic carbocycles. The van der Waals surface area contributed by atoms with Crippen LogP contribution in [0.4, 0.5) is 5.82 Å². The van der Waals surface area contributed by atoms with Gasteiger partial charge in [0.05, 0.1) is 5.69 Å². The largest absolute Gasteiger partial charge is 0.373 e. The molecule has 2 aromatic rings. The summed E-state index contributed by atoms with van der Waals surface area (Å²) in [6, 6.07) is 8.59. The summed E-state index contributed by atoms with van der Waals surface area (Å²) in [5.74, 6) is 4.35. The van der Waals surface area contributed by atoms with Crippen LogP contribution in [0.25, 0.3) is 11.4 Å². The number of rotatable bonds is 3. The Bertz CT molecular complexity index is 620. The van der Waals surface area contributed by atoms with Gasteiger partial charge >= 0.3 is 0 Å². The van der Waals surface area contributed by atoms with Gasteiger partial charge in [-0.1, -0.05) is 38.1 Å². The van der Waals surface area contributed by atoms with Crippen LogP contribution in [-0.4, -0.2) is 17.0 Å². The SMILES string of the molecule is CNc1nc(-c2ccc(C(C)C)cc2)nc2c1CSC2. The molecule has 0 aliphatic carbocycles. The molecule has 104 valence electrons. The third kappa shape index (κ3) is 2.40. The molecule has 0 unspecified atom stereocenters. The maximum Gasteiger partial charge on any atom is 0.161 e. The zero-order valence-corrected chi connectivity index (χ0v) is 12.9. The van der Waals surface area contributed by atoms with Crippen LogP contribution in [0.5, 0.6) is 0 Å². The lowest BCUT2D eigenvalue weighted by atomic mass is 10.0. The standard InChI is InChI=1S/C16H19N3S/c1-10(2)11-4-6-12(7-5-11)15-18-14-9-20-8-13(14)16(17-3)19-15/h4-7,10H,8-9H2,1-3H3,(H,17,18,19). The van der Waals surface area contributed by atoms with E-state index in [4.69, 9.17) is 4.98 Å². The fourth-order valence-corrected chi connectivity index (χ4v) is 3.45. The van der Waals surface area contributed by atoms with Crippen molar-refractivity contribution in [1.29, 1.82) is 0 Å². The predicted molar refractivity (Wildman–Crippen MR) is 86.1 cm³/mol. The van der Waals surface area contributed by atoms with Crippen molar-refractivity contribution < 1.29 is 0 Å². The molecule has 3 nitrogen and oxygen atoms in total. The first-order valence-electron chi connectivity index (χ1n) is 6.94. The van der Waals surface area contributed by atoms with E-state index in [9.17, 15) is 0 Å². The van der Waals surface area contributed by atoms with Crippen LogP contribution >= 0.6 is 11.8 Å². The van der Waals surface area contributed by atoms with Crippen molar-refractivity contribution in [2.45, 2.75) is 31.3 Å². The first-order valence-corrected chi connectivity index (χ1v) is 8.10. The molecule has 3 rings (SSSR count). The van der Waals surface area contributed by atoms with E-state index in [0.717, 1.165) is 28.7 Å². The summed E-state index contributed by atoms with van der Waals surface area (Å²) in [6.07, 6.45) is 0. The number of fused-ring (bicyclic) bond motifs is 1. The number of aromatic nitrogens is 2. The molecule has 4 heteroatoms. The van der Waals surface area contributed by atoms with Crippen molar-refractivity contribution in [3.8, 4) is 11.4 Å². The van der Waals surface area contributed by atoms with Gasteiger partial charge < -0.3 is 5.32 Å². The first-order chi connectivity index (χ1) is 9.69. The monoisotopic (exact) mass is 285 g/mol. The predicted octanol–water partition coefficient (Wildman–Crippen LogP) is 4.06. The fraction of sp³-hybridized carbons (Fsp3) is 0.375. The molecule has 0 spiro atoms. The van der Waals surface area contributed by atoms with Gasteiger partial charge in [0.2, 0.25) is 0 Å². The molecule has 0 bridgehead atoms. The molecule has 0 saturated heterocycles. The second kappa shape index (κ2) is 5.44. The summed E-state index contributed by atoms with van der Waals surface area (Å²) in [7, 11) is 1.93. The van der Waals surface area contributed by atoms with Gasteiger partial charge in [-0.15, -0.1) is 0 Å². The Morgan fingerprint density at radius 2 is 1.85 bits per heavy atom. The molecule has 0 atom stereocenters. The Morgan fingerprint density at radius 1 is 1.10 bits per heavy atom. The second-order valence-corrected chi connectivity index (χ2v) is 6.33. The van der Waals surface area contributed by atoms with E-state index in [-0.39, 0.29) is 0 Å². The molecule has 20 heavy (non-hydrogen) atoms. The molecular formula is C16H19N3S. The number of thioether (sulfide) groups is 1. The summed E-state index contributed by atoms with van der Waals surface area (Å²) in [5.41, 5.74) is 4.88. The van der Waals surface area contributed by atoms with E-state index in [1.165, 1.54) is 16.8 Å². The third-order valence-corrected chi connectivity index (χ3v) is 4.62. The zero-order chi connectivity index (χ0) is 14.1. The van der Waals surface area contributed by atoms with Crippen LogP contribution in [0.1, 0.15) is 36.6 Å². The lowest BCUT2D eigenvalue weighted by molar-refractivity contribution is 0.867. The number of hydrogen-bond donors (Lipinski definition) is 1. The quantitative estimate of drug-likeness (QED) is 0.923. The van der Waals surface area contributed by atoms with E-state index in [2.05, 4.69) is 48.4 Å². The summed E-state index contributed by atoms with van der Waals surface area (Å²) in [4.78, 5) is 9.41. The summed E-state index contributed by atoms with van der Waals surface area (Å²) in [5, 5.41) is 3.20. The summed E-state index contributed by atoms with van der Waals surface area (Å²) in [6.45, 7) is 4.41. The number of anilines is 1. The molecule has 1 N–H and O–H groups in total. The van der Waals surface area contributed by atoms with E-state index in [0.29, 0.717) is 5.92 Å². The fourth-order valence-electron chi connectivity index (χ4n) is 2.40. The van der Waals surface area contributed by atoms with Gasteiger partial charge in [-0.3, -0.25) is 0 Å². The Balaban J connectivity index is 2.02. The summed E-state index contributed by atoms with van der Waals surface area (Å²) < 4.78 is 0. The minimum atomic E-state index is 0.550. The molecular weight excluding hydrogens is 266 g/mol. The number of benzene rings is 1. The van der Waals surface area contributed by atoms with Gasteiger partial charge in [-0.2, -0.15) is 11.8 Å². The average molecular weight is 285 g/mol. The van der Waals surface area contributed by atoms with Gasteiger partial charge in [0.25, 0.3) is 0 Å². The van der Waals surface area contributed by atoms with Crippen molar-refractivity contribution in [2.75, 3.05) is 12.4 Å². The van der Waals surface area contributed by atoms with Crippen molar-refractivity contribution in [1.82, 2.24) is 9.97 Å². The molecule has 1 aliphatic heterocycles. The Labute approximate surface area is 124 Å². The molecule has 1 aromatic heterocycles. The second-order valence-electron chi connectivity index (χ2n) is 5.34. The van der Waals surface area contributed by atoms with Gasteiger partial charge in [-0.05, 0) is 11.5 Å². The van der Waals surface area contributed by atoms with Crippen LogP contribution in [0.15, 0.2) is 24.3 Å². The molecule has 2 heterocycles. The number of hydrogen-bond acceptors (Lipinski definition) is 4. The van der Waals surface area contributed by atoms with Gasteiger partial charge in [0, 0.05) is 29.7 Å². The average Bonchev–Trinajstić information content (AvgIpc) is 2.94. The van der Waals surface area contributed by atoms with Crippen LogP contribution in [0, 0.1) is 0 Å². The van der Waals surface area contributed by atoms with Crippen molar-refractivity contribution in [2.24, 2.45) is 0 Å². The molecule has 1 aliphatic rings. The van der Waals surface area contributed by atoms with Crippen molar-refractivity contribution in [3.05, 3.63) is 41.1 Å². The minimum absolute atomic E-state index is 0.550. The van der Waals surface area contributed by atoms with Gasteiger partial charge in [-0.25, -0.2) is 9.97 Å². The van der Waals surface area contributed by atoms with E-state index in [1.54, 1.807) is 0 Å². The maximum atomic E-state index is 4.73. The highest BCUT2D eigenvalue weighted by atomic mass is 32.2. The number of nitrogens with zero attached hydrogens (tertiary/aromatic N) is 2. The van der Waals surface area contributed by atoms with Crippen LogP contribution in [0.2, 0.25) is 0 Å². The van der Waals surface area contributed by atoms with Crippen molar-refractivity contribution >= 4 is 17.6 Å². The van der Waals surface area contributed by atoms with E-state index in [1.807, 2.05) is 18.8 Å². The normalized spacial score (nSPS) is 13.6. The number of nitrogens with one attached hydrogen (secondary N) is 1. The van der Waals surface area contributed by atoms with Gasteiger partial charge in [0.1, 0.15) is 5.82 Å². The molecule has 0 radical (unpaired) electrons. The summed E-state index contributed by atoms with van der Waals surface area (Å²) >= 11 is 1.90. The van der Waals surface area contributed by atoms with Crippen LogP contribution in [-0.2, 0) is 11.5 Å². The lowest BCUT2D eigenvalue weighted by Crippen LogP contribution is -2.03. The molecule has 0 fully saturated rings. The zero-order valence-electron chi connectivity index (χ0n) is 12.1. The van der Waals surface area contributed by atoms with Crippen LogP contribution in [0.3, 0.4) is 0 Å². The topological polar surface area (TPSA) is 37.8 Å². The van der Waals surface area contributed by atoms with E-state index < -0.39 is 0 Å². The lowest BCUT2D eigenvalue weighted by Gasteiger charge is -2.10. The maximum absolute atomic E-state index is 4.73. The Hall–Kier alpha value is -1.55. The Kier molecular flexibility index (Phi) is 3.66. The molecule has 0 amide bonds. The minimum Gasteiger partial charge on any atom is -0.373 e. The van der Waals surface area contributed by atoms with E-state index >= 15 is 0 Å². The van der Waals surface area contributed by atoms with Crippen molar-refractivity contribution in [3.63, 3.8) is 0 Å². The highest BCUT2D eigenvalue weighted by Crippen LogP contribution is 2.34. The third-order valence-electron chi connectivity index (χ3n) is 3.65. The smallest absolute Gasteiger partial charge is 0.161 e. The van der Waals surface area contributed by atoms with Gasteiger partial charge in [0.15, 0.2) is 5.82 Å². The molecule has 0 saturated carbocycles. The highest BCUT2D eigenvalue weighted by molar-refractivity contribution is 7.98. The Morgan fingerprint density at radius 3 is 2.50 bits per heavy atom. The highest BCUT2D eigenvalue weighted by Gasteiger charge is 2.19. The first kappa shape index (κ1) is 13.4. The van der Waals surface area contributed by atoms with Crippen LogP contribution < -0.4 is 5.32 Å².